The highest BCUT2D eigenvalue weighted by molar-refractivity contribution is 7.13. The Morgan fingerprint density at radius 2 is 2.59 bits per heavy atom. The third kappa shape index (κ3) is 2.94. The maximum absolute atomic E-state index is 13.2. The van der Waals surface area contributed by atoms with Gasteiger partial charge in [0, 0.05) is 11.9 Å². The molecule has 1 aromatic heterocycles. The summed E-state index contributed by atoms with van der Waals surface area (Å²) in [5.74, 6) is -0.413. The maximum atomic E-state index is 13.2. The van der Waals surface area contributed by atoms with E-state index in [1.54, 1.807) is 12.3 Å². The summed E-state index contributed by atoms with van der Waals surface area (Å²) in [5.41, 5.74) is 0.313. The smallest absolute Gasteiger partial charge is 0.357 e. The van der Waals surface area contributed by atoms with Crippen molar-refractivity contribution in [2.45, 2.75) is 25.9 Å². The lowest BCUT2D eigenvalue weighted by Crippen LogP contribution is -2.36. The van der Waals surface area contributed by atoms with E-state index in [1.807, 2.05) is 4.90 Å². The molecule has 0 aromatic carbocycles. The number of ether oxygens (including phenoxy) is 1. The van der Waals surface area contributed by atoms with Gasteiger partial charge in [-0.05, 0) is 19.8 Å². The van der Waals surface area contributed by atoms with Crippen LogP contribution in [0.4, 0.5) is 9.52 Å². The van der Waals surface area contributed by atoms with Gasteiger partial charge in [-0.1, -0.05) is 0 Å². The summed E-state index contributed by atoms with van der Waals surface area (Å²) >= 11 is 1.36. The van der Waals surface area contributed by atoms with E-state index in [9.17, 15) is 9.18 Å². The zero-order valence-electron chi connectivity index (χ0n) is 9.69. The molecule has 1 atom stereocenters. The molecule has 1 unspecified atom stereocenters. The Morgan fingerprint density at radius 1 is 1.76 bits per heavy atom. The van der Waals surface area contributed by atoms with E-state index in [1.165, 1.54) is 11.3 Å². The van der Waals surface area contributed by atoms with Crippen LogP contribution in [0.15, 0.2) is 5.38 Å². The lowest BCUT2D eigenvalue weighted by molar-refractivity contribution is 0.0520. The van der Waals surface area contributed by atoms with Gasteiger partial charge in [-0.3, -0.25) is 0 Å². The molecule has 94 valence electrons. The number of halogens is 1. The summed E-state index contributed by atoms with van der Waals surface area (Å²) in [4.78, 5) is 17.5. The Balaban J connectivity index is 2.04. The number of nitrogens with zero attached hydrogens (tertiary/aromatic N) is 2. The first-order chi connectivity index (χ1) is 8.20. The second kappa shape index (κ2) is 5.44. The summed E-state index contributed by atoms with van der Waals surface area (Å²) in [6.45, 7) is 3.26. The summed E-state index contributed by atoms with van der Waals surface area (Å²) in [6, 6.07) is 0. The van der Waals surface area contributed by atoms with E-state index in [2.05, 4.69) is 4.98 Å². The van der Waals surface area contributed by atoms with Crippen molar-refractivity contribution in [3.8, 4) is 0 Å². The zero-order valence-corrected chi connectivity index (χ0v) is 10.5. The van der Waals surface area contributed by atoms with Crippen molar-refractivity contribution in [2.24, 2.45) is 0 Å². The lowest BCUT2D eigenvalue weighted by atomic mass is 10.1. The highest BCUT2D eigenvalue weighted by atomic mass is 32.1. The number of hydrogen-bond donors (Lipinski definition) is 0. The summed E-state index contributed by atoms with van der Waals surface area (Å²) in [6.07, 6.45) is 0.654. The standard InChI is InChI=1S/C11H15FN2O2S/c1-2-16-10(15)9-7-17-11(13-9)14-5-3-4-8(12)6-14/h7-8H,2-6H2,1H3. The van der Waals surface area contributed by atoms with Gasteiger partial charge in [0.2, 0.25) is 0 Å². The number of rotatable bonds is 3. The minimum Gasteiger partial charge on any atom is -0.461 e. The zero-order chi connectivity index (χ0) is 12.3. The van der Waals surface area contributed by atoms with Gasteiger partial charge in [0.05, 0.1) is 13.2 Å². The quantitative estimate of drug-likeness (QED) is 0.780. The van der Waals surface area contributed by atoms with Crippen molar-refractivity contribution in [1.82, 2.24) is 4.98 Å². The van der Waals surface area contributed by atoms with Crippen LogP contribution in [0.5, 0.6) is 0 Å². The van der Waals surface area contributed by atoms with E-state index in [0.29, 0.717) is 30.4 Å². The molecule has 0 radical (unpaired) electrons. The average Bonchev–Trinajstić information content (AvgIpc) is 2.78. The fourth-order valence-corrected chi connectivity index (χ4v) is 2.64. The predicted molar refractivity (Wildman–Crippen MR) is 64.4 cm³/mol. The van der Waals surface area contributed by atoms with E-state index in [0.717, 1.165) is 13.0 Å². The molecule has 0 saturated carbocycles. The molecule has 2 rings (SSSR count). The number of carbonyl (C=O) groups excluding carboxylic acids is 1. The maximum Gasteiger partial charge on any atom is 0.357 e. The second-order valence-electron chi connectivity index (χ2n) is 3.92. The Kier molecular flexibility index (Phi) is 3.93. The largest absolute Gasteiger partial charge is 0.461 e. The number of esters is 1. The van der Waals surface area contributed by atoms with Crippen LogP contribution in [0.2, 0.25) is 0 Å². The fraction of sp³-hybridized carbons (Fsp3) is 0.636. The van der Waals surface area contributed by atoms with Gasteiger partial charge in [-0.25, -0.2) is 14.2 Å². The molecule has 2 heterocycles. The monoisotopic (exact) mass is 258 g/mol. The normalized spacial score (nSPS) is 20.4. The van der Waals surface area contributed by atoms with Crippen molar-refractivity contribution in [3.63, 3.8) is 0 Å². The van der Waals surface area contributed by atoms with Gasteiger partial charge in [-0.15, -0.1) is 11.3 Å². The molecule has 1 aliphatic heterocycles. The first-order valence-electron chi connectivity index (χ1n) is 5.72. The van der Waals surface area contributed by atoms with Crippen LogP contribution >= 0.6 is 11.3 Å². The highest BCUT2D eigenvalue weighted by Gasteiger charge is 2.22. The molecule has 1 aliphatic rings. The van der Waals surface area contributed by atoms with Crippen LogP contribution in [-0.2, 0) is 4.74 Å². The van der Waals surface area contributed by atoms with Crippen LogP contribution in [0.25, 0.3) is 0 Å². The SMILES string of the molecule is CCOC(=O)c1csc(N2CCCC(F)C2)n1. The number of anilines is 1. The Labute approximate surface area is 103 Å². The number of thiazole rings is 1. The van der Waals surface area contributed by atoms with Gasteiger partial charge in [0.15, 0.2) is 10.8 Å². The third-order valence-electron chi connectivity index (χ3n) is 2.61. The van der Waals surface area contributed by atoms with Crippen molar-refractivity contribution >= 4 is 22.4 Å². The van der Waals surface area contributed by atoms with Crippen LogP contribution in [-0.4, -0.2) is 36.8 Å². The van der Waals surface area contributed by atoms with Crippen molar-refractivity contribution < 1.29 is 13.9 Å². The van der Waals surface area contributed by atoms with Gasteiger partial charge in [0.1, 0.15) is 6.17 Å². The van der Waals surface area contributed by atoms with Crippen LogP contribution in [0, 0.1) is 0 Å². The highest BCUT2D eigenvalue weighted by Crippen LogP contribution is 2.25. The topological polar surface area (TPSA) is 42.4 Å². The molecule has 6 heteroatoms. The van der Waals surface area contributed by atoms with Crippen LogP contribution < -0.4 is 4.90 Å². The molecule has 0 spiro atoms. The number of aromatic nitrogens is 1. The first kappa shape index (κ1) is 12.3. The predicted octanol–water partition coefficient (Wildman–Crippen LogP) is 2.26. The van der Waals surface area contributed by atoms with E-state index in [4.69, 9.17) is 4.74 Å². The van der Waals surface area contributed by atoms with Gasteiger partial charge >= 0.3 is 5.97 Å². The minimum absolute atomic E-state index is 0.313. The van der Waals surface area contributed by atoms with E-state index < -0.39 is 12.1 Å². The molecular weight excluding hydrogens is 243 g/mol. The molecule has 0 bridgehead atoms. The average molecular weight is 258 g/mol. The van der Waals surface area contributed by atoms with Crippen molar-refractivity contribution in [3.05, 3.63) is 11.1 Å². The molecule has 1 fully saturated rings. The molecule has 0 amide bonds. The van der Waals surface area contributed by atoms with Crippen molar-refractivity contribution in [2.75, 3.05) is 24.6 Å². The van der Waals surface area contributed by atoms with Crippen LogP contribution in [0.3, 0.4) is 0 Å². The summed E-state index contributed by atoms with van der Waals surface area (Å²) < 4.78 is 18.1. The summed E-state index contributed by atoms with van der Waals surface area (Å²) in [7, 11) is 0. The molecule has 17 heavy (non-hydrogen) atoms. The Morgan fingerprint density at radius 3 is 3.29 bits per heavy atom. The molecule has 0 N–H and O–H groups in total. The fourth-order valence-electron chi connectivity index (χ4n) is 1.81. The van der Waals surface area contributed by atoms with Gasteiger partial charge < -0.3 is 9.64 Å². The molecule has 1 saturated heterocycles. The van der Waals surface area contributed by atoms with E-state index in [-0.39, 0.29) is 0 Å². The number of alkyl halides is 1. The van der Waals surface area contributed by atoms with Crippen LogP contribution in [0.1, 0.15) is 30.3 Å². The molecular formula is C11H15FN2O2S. The number of piperidine rings is 1. The van der Waals surface area contributed by atoms with Gasteiger partial charge in [0.25, 0.3) is 0 Å². The molecule has 1 aromatic rings. The molecule has 0 aliphatic carbocycles. The first-order valence-corrected chi connectivity index (χ1v) is 6.60. The van der Waals surface area contributed by atoms with Crippen molar-refractivity contribution in [1.29, 1.82) is 0 Å². The number of carbonyl (C=O) groups is 1. The Hall–Kier alpha value is -1.17. The van der Waals surface area contributed by atoms with Gasteiger partial charge in [-0.2, -0.15) is 0 Å². The Bertz CT molecular complexity index is 397. The lowest BCUT2D eigenvalue weighted by Gasteiger charge is -2.28. The number of hydrogen-bond acceptors (Lipinski definition) is 5. The molecule has 4 nitrogen and oxygen atoms in total. The minimum atomic E-state index is -0.793. The van der Waals surface area contributed by atoms with E-state index >= 15 is 0 Å². The summed E-state index contributed by atoms with van der Waals surface area (Å²) in [5, 5.41) is 2.37. The second-order valence-corrected chi connectivity index (χ2v) is 4.76. The third-order valence-corrected chi connectivity index (χ3v) is 3.51.